The van der Waals surface area contributed by atoms with Crippen molar-refractivity contribution in [2.45, 2.75) is 19.9 Å². The van der Waals surface area contributed by atoms with Gasteiger partial charge in [-0.1, -0.05) is 6.07 Å². The van der Waals surface area contributed by atoms with Gasteiger partial charge in [0, 0.05) is 24.2 Å². The van der Waals surface area contributed by atoms with Gasteiger partial charge in [-0.3, -0.25) is 0 Å². The van der Waals surface area contributed by atoms with Crippen molar-refractivity contribution in [3.05, 3.63) is 59.5 Å². The van der Waals surface area contributed by atoms with Gasteiger partial charge in [0.15, 0.2) is 11.5 Å². The third-order valence-corrected chi connectivity index (χ3v) is 3.31. The average Bonchev–Trinajstić information content (AvgIpc) is 2.77. The lowest BCUT2D eigenvalue weighted by atomic mass is 10.1. The highest BCUT2D eigenvalue weighted by molar-refractivity contribution is 5.77. The van der Waals surface area contributed by atoms with Gasteiger partial charge in [0.05, 0.1) is 6.04 Å². The zero-order valence-electron chi connectivity index (χ0n) is 11.7. The minimum absolute atomic E-state index is 0.295. The van der Waals surface area contributed by atoms with Crippen molar-refractivity contribution in [3.63, 3.8) is 0 Å². The average molecular weight is 288 g/mol. The Kier molecular flexibility index (Phi) is 3.33. The van der Waals surface area contributed by atoms with E-state index in [9.17, 15) is 8.78 Å². The molecule has 1 heterocycles. The lowest BCUT2D eigenvalue weighted by Gasteiger charge is -2.16. The predicted molar refractivity (Wildman–Crippen MR) is 77.1 cm³/mol. The predicted octanol–water partition coefficient (Wildman–Crippen LogP) is 4.59. The fraction of sp³-hybridized carbons (Fsp3) is 0.188. The lowest BCUT2D eigenvalue weighted by molar-refractivity contribution is 0.561. The normalized spacial score (nSPS) is 12.6. The minimum Gasteiger partial charge on any atom is -0.441 e. The Bertz CT molecular complexity index is 798. The molecule has 21 heavy (non-hydrogen) atoms. The van der Waals surface area contributed by atoms with Crippen LogP contribution in [-0.4, -0.2) is 4.98 Å². The standard InChI is InChI=1S/C16H14F2N2O/c1-9(13-5-3-11(17)7-14(13)18)19-12-4-6-16-15(8-12)20-10(2)21-16/h3-9,19H,1-2H3. The number of halogens is 2. The van der Waals surface area contributed by atoms with Crippen LogP contribution in [0.2, 0.25) is 0 Å². The Hall–Kier alpha value is -2.43. The first-order chi connectivity index (χ1) is 10.0. The van der Waals surface area contributed by atoms with Crippen molar-refractivity contribution in [1.82, 2.24) is 4.98 Å². The number of benzene rings is 2. The molecule has 1 aromatic heterocycles. The van der Waals surface area contributed by atoms with Crippen molar-refractivity contribution < 1.29 is 13.2 Å². The van der Waals surface area contributed by atoms with Gasteiger partial charge < -0.3 is 9.73 Å². The van der Waals surface area contributed by atoms with Crippen LogP contribution in [0.3, 0.4) is 0 Å². The van der Waals surface area contributed by atoms with E-state index in [1.807, 2.05) is 25.1 Å². The van der Waals surface area contributed by atoms with Crippen LogP contribution < -0.4 is 5.32 Å². The number of hydrogen-bond acceptors (Lipinski definition) is 3. The van der Waals surface area contributed by atoms with Gasteiger partial charge in [-0.2, -0.15) is 0 Å². The highest BCUT2D eigenvalue weighted by Crippen LogP contribution is 2.25. The summed E-state index contributed by atoms with van der Waals surface area (Å²) in [5, 5.41) is 3.18. The molecule has 108 valence electrons. The Morgan fingerprint density at radius 2 is 1.95 bits per heavy atom. The molecule has 0 bridgehead atoms. The van der Waals surface area contributed by atoms with Gasteiger partial charge in [-0.05, 0) is 31.2 Å². The number of aryl methyl sites for hydroxylation is 1. The fourth-order valence-corrected chi connectivity index (χ4v) is 2.31. The van der Waals surface area contributed by atoms with Crippen LogP contribution in [0.4, 0.5) is 14.5 Å². The lowest BCUT2D eigenvalue weighted by Crippen LogP contribution is -2.08. The molecule has 0 saturated heterocycles. The van der Waals surface area contributed by atoms with Crippen LogP contribution in [0.15, 0.2) is 40.8 Å². The number of nitrogens with one attached hydrogen (secondary N) is 1. The van der Waals surface area contributed by atoms with Crippen LogP contribution in [0.5, 0.6) is 0 Å². The summed E-state index contributed by atoms with van der Waals surface area (Å²) in [6, 6.07) is 8.77. The number of rotatable bonds is 3. The maximum atomic E-state index is 13.8. The molecule has 1 unspecified atom stereocenters. The summed E-state index contributed by atoms with van der Waals surface area (Å²) in [6.45, 7) is 3.60. The van der Waals surface area contributed by atoms with E-state index in [-0.39, 0.29) is 6.04 Å². The fourth-order valence-electron chi connectivity index (χ4n) is 2.31. The van der Waals surface area contributed by atoms with E-state index in [0.29, 0.717) is 17.0 Å². The van der Waals surface area contributed by atoms with Crippen molar-refractivity contribution in [3.8, 4) is 0 Å². The van der Waals surface area contributed by atoms with Crippen LogP contribution in [0.1, 0.15) is 24.4 Å². The molecular formula is C16H14F2N2O. The smallest absolute Gasteiger partial charge is 0.192 e. The van der Waals surface area contributed by atoms with Gasteiger partial charge >= 0.3 is 0 Å². The van der Waals surface area contributed by atoms with Crippen LogP contribution in [0, 0.1) is 18.6 Å². The molecule has 0 amide bonds. The van der Waals surface area contributed by atoms with Crippen molar-refractivity contribution in [2.75, 3.05) is 5.32 Å². The van der Waals surface area contributed by atoms with E-state index in [1.54, 1.807) is 6.92 Å². The summed E-state index contributed by atoms with van der Waals surface area (Å²) in [7, 11) is 0. The second-order valence-electron chi connectivity index (χ2n) is 4.95. The first-order valence-corrected chi connectivity index (χ1v) is 6.61. The Labute approximate surface area is 120 Å². The molecule has 0 aliphatic carbocycles. The summed E-state index contributed by atoms with van der Waals surface area (Å²) in [5.41, 5.74) is 2.66. The number of aromatic nitrogens is 1. The quantitative estimate of drug-likeness (QED) is 0.766. The maximum absolute atomic E-state index is 13.8. The van der Waals surface area contributed by atoms with E-state index >= 15 is 0 Å². The van der Waals surface area contributed by atoms with Crippen LogP contribution in [-0.2, 0) is 0 Å². The zero-order valence-corrected chi connectivity index (χ0v) is 11.7. The van der Waals surface area contributed by atoms with Crippen molar-refractivity contribution in [1.29, 1.82) is 0 Å². The minimum atomic E-state index is -0.581. The summed E-state index contributed by atoms with van der Waals surface area (Å²) < 4.78 is 32.1. The van der Waals surface area contributed by atoms with Crippen LogP contribution in [0.25, 0.3) is 11.1 Å². The van der Waals surface area contributed by atoms with Gasteiger partial charge in [0.1, 0.15) is 17.2 Å². The highest BCUT2D eigenvalue weighted by atomic mass is 19.1. The largest absolute Gasteiger partial charge is 0.441 e. The number of hydrogen-bond donors (Lipinski definition) is 1. The molecule has 0 saturated carbocycles. The molecule has 0 fully saturated rings. The third kappa shape index (κ3) is 2.72. The highest BCUT2D eigenvalue weighted by Gasteiger charge is 2.12. The molecule has 3 rings (SSSR count). The summed E-state index contributed by atoms with van der Waals surface area (Å²) in [4.78, 5) is 4.25. The third-order valence-electron chi connectivity index (χ3n) is 3.31. The molecule has 5 heteroatoms. The van der Waals surface area contributed by atoms with E-state index in [2.05, 4.69) is 10.3 Å². The van der Waals surface area contributed by atoms with Crippen LogP contribution >= 0.6 is 0 Å². The topological polar surface area (TPSA) is 38.1 Å². The second kappa shape index (κ2) is 5.16. The molecular weight excluding hydrogens is 274 g/mol. The molecule has 0 spiro atoms. The summed E-state index contributed by atoms with van der Waals surface area (Å²) in [6.07, 6.45) is 0. The SMILES string of the molecule is Cc1nc2cc(NC(C)c3ccc(F)cc3F)ccc2o1. The summed E-state index contributed by atoms with van der Waals surface area (Å²) in [5.74, 6) is -0.545. The molecule has 2 aromatic carbocycles. The molecule has 0 aliphatic rings. The van der Waals surface area contributed by atoms with Gasteiger partial charge in [0.2, 0.25) is 0 Å². The second-order valence-corrected chi connectivity index (χ2v) is 4.95. The van der Waals surface area contributed by atoms with Gasteiger partial charge in [-0.25, -0.2) is 13.8 Å². The Morgan fingerprint density at radius 3 is 2.71 bits per heavy atom. The monoisotopic (exact) mass is 288 g/mol. The van der Waals surface area contributed by atoms with Crippen molar-refractivity contribution in [2.24, 2.45) is 0 Å². The Morgan fingerprint density at radius 1 is 1.14 bits per heavy atom. The molecule has 1 N–H and O–H groups in total. The molecule has 0 radical (unpaired) electrons. The number of fused-ring (bicyclic) bond motifs is 1. The number of oxazole rings is 1. The van der Waals surface area contributed by atoms with E-state index in [0.717, 1.165) is 17.3 Å². The number of anilines is 1. The maximum Gasteiger partial charge on any atom is 0.192 e. The van der Waals surface area contributed by atoms with E-state index < -0.39 is 11.6 Å². The van der Waals surface area contributed by atoms with E-state index in [1.165, 1.54) is 12.1 Å². The molecule has 1 atom stereocenters. The first kappa shape index (κ1) is 13.5. The van der Waals surface area contributed by atoms with Gasteiger partial charge in [-0.15, -0.1) is 0 Å². The van der Waals surface area contributed by atoms with Gasteiger partial charge in [0.25, 0.3) is 0 Å². The van der Waals surface area contributed by atoms with E-state index in [4.69, 9.17) is 4.42 Å². The zero-order chi connectivity index (χ0) is 15.0. The number of nitrogens with zero attached hydrogens (tertiary/aromatic N) is 1. The Balaban J connectivity index is 1.86. The summed E-state index contributed by atoms with van der Waals surface area (Å²) >= 11 is 0. The first-order valence-electron chi connectivity index (χ1n) is 6.61. The van der Waals surface area contributed by atoms with Crippen molar-refractivity contribution >= 4 is 16.8 Å². The molecule has 3 nitrogen and oxygen atoms in total. The molecule has 0 aliphatic heterocycles. The molecule has 3 aromatic rings.